The van der Waals surface area contributed by atoms with E-state index in [9.17, 15) is 4.39 Å². The zero-order chi connectivity index (χ0) is 13.0. The molecule has 18 heavy (non-hydrogen) atoms. The summed E-state index contributed by atoms with van der Waals surface area (Å²) in [5.41, 5.74) is 0.871. The van der Waals surface area contributed by atoms with Crippen molar-refractivity contribution in [3.8, 4) is 5.75 Å². The van der Waals surface area contributed by atoms with Gasteiger partial charge in [0.25, 0.3) is 0 Å². The van der Waals surface area contributed by atoms with Gasteiger partial charge in [0.1, 0.15) is 11.6 Å². The first-order chi connectivity index (χ1) is 8.70. The Balaban J connectivity index is 1.98. The van der Waals surface area contributed by atoms with Crippen molar-refractivity contribution in [2.24, 2.45) is 0 Å². The summed E-state index contributed by atoms with van der Waals surface area (Å²) >= 11 is 0. The molecule has 1 aliphatic rings. The van der Waals surface area contributed by atoms with Crippen LogP contribution in [0.3, 0.4) is 0 Å². The summed E-state index contributed by atoms with van der Waals surface area (Å²) in [4.78, 5) is 0. The third-order valence-corrected chi connectivity index (χ3v) is 3.49. The number of methoxy groups -OCH3 is 1. The Labute approximate surface area is 108 Å². The molecule has 1 aliphatic heterocycles. The molecule has 0 bridgehead atoms. The van der Waals surface area contributed by atoms with Gasteiger partial charge in [-0.2, -0.15) is 0 Å². The topological polar surface area (TPSA) is 33.3 Å². The molecule has 1 aromatic carbocycles. The maximum Gasteiger partial charge on any atom is 0.123 e. The summed E-state index contributed by atoms with van der Waals surface area (Å²) < 4.78 is 18.6. The number of hydrogen-bond acceptors (Lipinski definition) is 3. The van der Waals surface area contributed by atoms with E-state index in [0.717, 1.165) is 24.4 Å². The zero-order valence-corrected chi connectivity index (χ0v) is 11.0. The molecule has 0 aromatic heterocycles. The third-order valence-electron chi connectivity index (χ3n) is 3.49. The molecule has 1 aromatic rings. The van der Waals surface area contributed by atoms with E-state index in [2.05, 4.69) is 10.6 Å². The largest absolute Gasteiger partial charge is 0.496 e. The second-order valence-electron chi connectivity index (χ2n) is 4.81. The Morgan fingerprint density at radius 1 is 1.56 bits per heavy atom. The van der Waals surface area contributed by atoms with Gasteiger partial charge < -0.3 is 15.4 Å². The van der Waals surface area contributed by atoms with Gasteiger partial charge in [0.15, 0.2) is 0 Å². The number of benzene rings is 1. The lowest BCUT2D eigenvalue weighted by atomic mass is 10.1. The molecular formula is C14H21FN2O. The Morgan fingerprint density at radius 2 is 2.39 bits per heavy atom. The Hall–Kier alpha value is -1.13. The molecule has 2 unspecified atom stereocenters. The predicted molar refractivity (Wildman–Crippen MR) is 70.4 cm³/mol. The van der Waals surface area contributed by atoms with Crippen LogP contribution in [0.2, 0.25) is 0 Å². The highest BCUT2D eigenvalue weighted by Gasteiger charge is 2.17. The van der Waals surface area contributed by atoms with Gasteiger partial charge in [-0.1, -0.05) is 0 Å². The second-order valence-corrected chi connectivity index (χ2v) is 4.81. The quantitative estimate of drug-likeness (QED) is 0.843. The van der Waals surface area contributed by atoms with Crippen molar-refractivity contribution < 1.29 is 9.13 Å². The van der Waals surface area contributed by atoms with Gasteiger partial charge in [-0.15, -0.1) is 0 Å². The summed E-state index contributed by atoms with van der Waals surface area (Å²) in [5, 5.41) is 6.87. The highest BCUT2D eigenvalue weighted by Crippen LogP contribution is 2.25. The molecule has 100 valence electrons. The van der Waals surface area contributed by atoms with Crippen LogP contribution in [0, 0.1) is 5.82 Å². The van der Waals surface area contributed by atoms with Crippen LogP contribution in [0.25, 0.3) is 0 Å². The molecule has 2 N–H and O–H groups in total. The minimum absolute atomic E-state index is 0.0815. The van der Waals surface area contributed by atoms with Gasteiger partial charge in [-0.3, -0.25) is 0 Å². The first-order valence-electron chi connectivity index (χ1n) is 6.51. The molecule has 4 heteroatoms. The maximum absolute atomic E-state index is 13.3. The van der Waals surface area contributed by atoms with Gasteiger partial charge >= 0.3 is 0 Å². The standard InChI is InChI=1S/C14H21FN2O/c1-10(17-9-12-4-3-7-16-12)13-8-11(15)5-6-14(13)18-2/h5-6,8,10,12,16-17H,3-4,7,9H2,1-2H3. The lowest BCUT2D eigenvalue weighted by Crippen LogP contribution is -2.35. The molecule has 0 radical (unpaired) electrons. The summed E-state index contributed by atoms with van der Waals surface area (Å²) in [5.74, 6) is 0.509. The van der Waals surface area contributed by atoms with Crippen LogP contribution in [0.5, 0.6) is 5.75 Å². The van der Waals surface area contributed by atoms with Crippen LogP contribution >= 0.6 is 0 Å². The van der Waals surface area contributed by atoms with Crippen LogP contribution in [-0.4, -0.2) is 26.2 Å². The number of rotatable bonds is 5. The van der Waals surface area contributed by atoms with Crippen LogP contribution in [-0.2, 0) is 0 Å². The summed E-state index contributed by atoms with van der Waals surface area (Å²) in [6, 6.07) is 5.26. The SMILES string of the molecule is COc1ccc(F)cc1C(C)NCC1CCCN1. The van der Waals surface area contributed by atoms with E-state index in [1.165, 1.54) is 18.9 Å². The minimum atomic E-state index is -0.224. The van der Waals surface area contributed by atoms with Crippen molar-refractivity contribution >= 4 is 0 Å². The summed E-state index contributed by atoms with van der Waals surface area (Å²) in [6.45, 7) is 4.04. The van der Waals surface area contributed by atoms with Crippen molar-refractivity contribution in [3.63, 3.8) is 0 Å². The Morgan fingerprint density at radius 3 is 3.06 bits per heavy atom. The van der Waals surface area contributed by atoms with Gasteiger partial charge in [0, 0.05) is 24.2 Å². The van der Waals surface area contributed by atoms with E-state index < -0.39 is 0 Å². The molecule has 0 aliphatic carbocycles. The van der Waals surface area contributed by atoms with E-state index in [1.54, 1.807) is 19.2 Å². The van der Waals surface area contributed by atoms with Crippen LogP contribution in [0.15, 0.2) is 18.2 Å². The number of hydrogen-bond donors (Lipinski definition) is 2. The molecule has 0 amide bonds. The second kappa shape index (κ2) is 6.16. The van der Waals surface area contributed by atoms with Gasteiger partial charge in [0.05, 0.1) is 7.11 Å². The number of ether oxygens (including phenoxy) is 1. The first kappa shape index (κ1) is 13.3. The smallest absolute Gasteiger partial charge is 0.123 e. The van der Waals surface area contributed by atoms with E-state index >= 15 is 0 Å². The molecule has 3 nitrogen and oxygen atoms in total. The molecule has 1 heterocycles. The van der Waals surface area contributed by atoms with Crippen LogP contribution < -0.4 is 15.4 Å². The summed E-state index contributed by atoms with van der Waals surface area (Å²) in [6.07, 6.45) is 2.45. The fraction of sp³-hybridized carbons (Fsp3) is 0.571. The van der Waals surface area contributed by atoms with E-state index in [4.69, 9.17) is 4.74 Å². The minimum Gasteiger partial charge on any atom is -0.496 e. The van der Waals surface area contributed by atoms with Crippen LogP contribution in [0.4, 0.5) is 4.39 Å². The lowest BCUT2D eigenvalue weighted by Gasteiger charge is -2.19. The fourth-order valence-corrected chi connectivity index (χ4v) is 2.40. The molecule has 0 spiro atoms. The lowest BCUT2D eigenvalue weighted by molar-refractivity contribution is 0.397. The van der Waals surface area contributed by atoms with Crippen molar-refractivity contribution in [1.29, 1.82) is 0 Å². The summed E-state index contributed by atoms with van der Waals surface area (Å²) in [7, 11) is 1.61. The Bertz CT molecular complexity index is 391. The normalized spacial score (nSPS) is 20.9. The van der Waals surface area contributed by atoms with Crippen molar-refractivity contribution in [2.75, 3.05) is 20.2 Å². The highest BCUT2D eigenvalue weighted by molar-refractivity contribution is 5.36. The molecule has 1 saturated heterocycles. The zero-order valence-electron chi connectivity index (χ0n) is 11.0. The average molecular weight is 252 g/mol. The van der Waals surface area contributed by atoms with Crippen LogP contribution in [0.1, 0.15) is 31.4 Å². The average Bonchev–Trinajstić information content (AvgIpc) is 2.89. The van der Waals surface area contributed by atoms with E-state index in [0.29, 0.717) is 6.04 Å². The monoisotopic (exact) mass is 252 g/mol. The van der Waals surface area contributed by atoms with Crippen molar-refractivity contribution in [3.05, 3.63) is 29.6 Å². The fourth-order valence-electron chi connectivity index (χ4n) is 2.40. The van der Waals surface area contributed by atoms with E-state index in [-0.39, 0.29) is 11.9 Å². The van der Waals surface area contributed by atoms with Gasteiger partial charge in [-0.25, -0.2) is 4.39 Å². The number of nitrogens with one attached hydrogen (secondary N) is 2. The highest BCUT2D eigenvalue weighted by atomic mass is 19.1. The number of halogens is 1. The third kappa shape index (κ3) is 3.21. The van der Waals surface area contributed by atoms with Gasteiger partial charge in [-0.05, 0) is 44.5 Å². The first-order valence-corrected chi connectivity index (χ1v) is 6.51. The van der Waals surface area contributed by atoms with E-state index in [1.807, 2.05) is 6.92 Å². The molecule has 0 saturated carbocycles. The molecule has 2 atom stereocenters. The predicted octanol–water partition coefficient (Wildman–Crippen LogP) is 2.24. The maximum atomic E-state index is 13.3. The molecule has 2 rings (SSSR count). The van der Waals surface area contributed by atoms with Crippen molar-refractivity contribution in [1.82, 2.24) is 10.6 Å². The van der Waals surface area contributed by atoms with Gasteiger partial charge in [0.2, 0.25) is 0 Å². The van der Waals surface area contributed by atoms with Crippen molar-refractivity contribution in [2.45, 2.75) is 31.8 Å². The molecule has 1 fully saturated rings. The molecular weight excluding hydrogens is 231 g/mol. The Kier molecular flexibility index (Phi) is 4.55.